The van der Waals surface area contributed by atoms with Crippen LogP contribution in [0.4, 0.5) is 9.88 Å². The number of para-hydroxylation sites is 1. The van der Waals surface area contributed by atoms with E-state index in [4.69, 9.17) is 4.52 Å². The van der Waals surface area contributed by atoms with Gasteiger partial charge in [0.25, 0.3) is 0 Å². The van der Waals surface area contributed by atoms with Gasteiger partial charge in [-0.3, -0.25) is 0 Å². The average molecular weight is 325 g/mol. The molecule has 3 aromatic carbocycles. The fraction of sp³-hybridized carbons (Fsp3) is 0.0526. The molecule has 1 N–H and O–H groups in total. The van der Waals surface area contributed by atoms with Gasteiger partial charge < -0.3 is 0 Å². The minimum absolute atomic E-state index is 0.542. The van der Waals surface area contributed by atoms with Gasteiger partial charge in [-0.25, -0.2) is 0 Å². The first-order valence-corrected chi connectivity index (χ1v) is 9.59. The summed E-state index contributed by atoms with van der Waals surface area (Å²) in [5, 5.41) is 4.22. The van der Waals surface area contributed by atoms with Gasteiger partial charge >= 0.3 is 134 Å². The van der Waals surface area contributed by atoms with Crippen LogP contribution in [-0.2, 0) is 0 Å². The Bertz CT molecular complexity index is 828. The Labute approximate surface area is 135 Å². The molecule has 2 nitrogen and oxygen atoms in total. The number of rotatable bonds is 2. The summed E-state index contributed by atoms with van der Waals surface area (Å²) in [6.07, 6.45) is 0. The summed E-state index contributed by atoms with van der Waals surface area (Å²) in [5.74, 6) is 0.598. The van der Waals surface area contributed by atoms with Crippen molar-refractivity contribution in [2.75, 3.05) is 5.09 Å². The second-order valence-corrected chi connectivity index (χ2v) is 9.06. The molecule has 0 saturated heterocycles. The van der Waals surface area contributed by atoms with E-state index < -0.39 is 7.29 Å². The maximum absolute atomic E-state index is 16.9. The van der Waals surface area contributed by atoms with E-state index in [0.717, 1.165) is 5.56 Å². The van der Waals surface area contributed by atoms with Crippen molar-refractivity contribution in [3.05, 3.63) is 84.4 Å². The summed E-state index contributed by atoms with van der Waals surface area (Å²) in [6, 6.07) is 24.0. The Hall–Kier alpha value is -2.38. The van der Waals surface area contributed by atoms with E-state index in [2.05, 4.69) is 5.09 Å². The molecule has 1 aliphatic heterocycles. The monoisotopic (exact) mass is 325 g/mol. The molecule has 4 rings (SSSR count). The van der Waals surface area contributed by atoms with Crippen LogP contribution < -0.4 is 20.2 Å². The molecule has 0 radical (unpaired) electrons. The van der Waals surface area contributed by atoms with Crippen LogP contribution in [-0.4, -0.2) is 0 Å². The second-order valence-electron chi connectivity index (χ2n) is 5.76. The summed E-state index contributed by atoms with van der Waals surface area (Å²) in [4.78, 5) is 0. The van der Waals surface area contributed by atoms with Gasteiger partial charge in [-0.1, -0.05) is 0 Å². The van der Waals surface area contributed by atoms with Crippen molar-refractivity contribution in [1.82, 2.24) is 0 Å². The van der Waals surface area contributed by atoms with Crippen LogP contribution in [0.25, 0.3) is 0 Å². The molecule has 0 spiro atoms. The SMILES string of the molecule is Cc1cccc2c1OP(F)(c1ccccc1)(c1ccccc1)N2. The summed E-state index contributed by atoms with van der Waals surface area (Å²) in [6.45, 7) is 1.93. The molecule has 0 aliphatic carbocycles. The van der Waals surface area contributed by atoms with E-state index in [-0.39, 0.29) is 0 Å². The summed E-state index contributed by atoms with van der Waals surface area (Å²) in [5.41, 5.74) is 1.63. The van der Waals surface area contributed by atoms with Crippen LogP contribution in [0.1, 0.15) is 5.56 Å². The predicted molar refractivity (Wildman–Crippen MR) is 95.6 cm³/mol. The molecule has 3 aromatic rings. The van der Waals surface area contributed by atoms with E-state index in [0.29, 0.717) is 22.0 Å². The first kappa shape index (κ1) is 14.2. The van der Waals surface area contributed by atoms with Gasteiger partial charge in [-0.2, -0.15) is 0 Å². The van der Waals surface area contributed by atoms with Crippen molar-refractivity contribution < 1.29 is 8.72 Å². The van der Waals surface area contributed by atoms with Gasteiger partial charge in [0.1, 0.15) is 0 Å². The Kier molecular flexibility index (Phi) is 2.97. The van der Waals surface area contributed by atoms with Gasteiger partial charge in [0, 0.05) is 0 Å². The van der Waals surface area contributed by atoms with Crippen molar-refractivity contribution in [2.24, 2.45) is 0 Å². The number of benzene rings is 3. The Morgan fingerprint density at radius 3 is 1.87 bits per heavy atom. The quantitative estimate of drug-likeness (QED) is 0.689. The van der Waals surface area contributed by atoms with Gasteiger partial charge in [0.2, 0.25) is 0 Å². The second kappa shape index (κ2) is 4.81. The third-order valence-electron chi connectivity index (χ3n) is 4.23. The molecular weight excluding hydrogens is 308 g/mol. The van der Waals surface area contributed by atoms with Crippen LogP contribution in [0.2, 0.25) is 0 Å². The number of aryl methyl sites for hydroxylation is 1. The van der Waals surface area contributed by atoms with Crippen molar-refractivity contribution in [3.63, 3.8) is 0 Å². The zero-order valence-electron chi connectivity index (χ0n) is 12.7. The first-order valence-electron chi connectivity index (χ1n) is 7.54. The standard InChI is InChI=1S/C19H17FNOP/c1-15-9-8-14-18-19(15)22-23(20,21-18,16-10-4-2-5-11-16)17-12-6-3-7-13-17/h2-14,21H,1H3. The van der Waals surface area contributed by atoms with E-state index in [1.807, 2.05) is 61.5 Å². The first-order chi connectivity index (χ1) is 11.1. The van der Waals surface area contributed by atoms with E-state index in [1.165, 1.54) is 0 Å². The van der Waals surface area contributed by atoms with Crippen molar-refractivity contribution in [3.8, 4) is 5.75 Å². The molecule has 0 atom stereocenters. The van der Waals surface area contributed by atoms with Crippen LogP contribution in [0, 0.1) is 6.92 Å². The molecule has 0 bridgehead atoms. The number of halogens is 1. The molecule has 1 aliphatic rings. The van der Waals surface area contributed by atoms with Crippen molar-refractivity contribution in [1.29, 1.82) is 0 Å². The van der Waals surface area contributed by atoms with Crippen LogP contribution in [0.15, 0.2) is 78.9 Å². The van der Waals surface area contributed by atoms with Gasteiger partial charge in [0.05, 0.1) is 0 Å². The molecule has 0 amide bonds. The van der Waals surface area contributed by atoms with Crippen LogP contribution >= 0.6 is 7.29 Å². The Morgan fingerprint density at radius 1 is 0.783 bits per heavy atom. The number of fused-ring (bicyclic) bond motifs is 1. The van der Waals surface area contributed by atoms with Gasteiger partial charge in [-0.05, 0) is 0 Å². The van der Waals surface area contributed by atoms with Crippen LogP contribution in [0.3, 0.4) is 0 Å². The van der Waals surface area contributed by atoms with E-state index in [1.54, 1.807) is 24.3 Å². The topological polar surface area (TPSA) is 21.3 Å². The third kappa shape index (κ3) is 1.97. The number of anilines is 1. The minimum atomic E-state index is -4.47. The number of hydrogen-bond donors (Lipinski definition) is 1. The van der Waals surface area contributed by atoms with Gasteiger partial charge in [0.15, 0.2) is 0 Å². The Morgan fingerprint density at radius 2 is 1.35 bits per heavy atom. The third-order valence-corrected chi connectivity index (χ3v) is 7.84. The zero-order chi connectivity index (χ0) is 15.9. The molecule has 0 saturated carbocycles. The molecule has 0 aromatic heterocycles. The molecule has 0 unspecified atom stereocenters. The average Bonchev–Trinajstić information content (AvgIpc) is 2.94. The normalized spacial score (nSPS) is 18.8. The molecule has 0 fully saturated rings. The zero-order valence-corrected chi connectivity index (χ0v) is 13.6. The number of nitrogens with one attached hydrogen (secondary N) is 1. The Balaban J connectivity index is 2.01. The maximum atomic E-state index is 16.9. The van der Waals surface area contributed by atoms with E-state index >= 15 is 4.20 Å². The van der Waals surface area contributed by atoms with E-state index in [9.17, 15) is 0 Å². The summed E-state index contributed by atoms with van der Waals surface area (Å²) in [7, 11) is -4.47. The summed E-state index contributed by atoms with van der Waals surface area (Å²) >= 11 is 0. The van der Waals surface area contributed by atoms with Crippen molar-refractivity contribution >= 4 is 23.6 Å². The molecule has 23 heavy (non-hydrogen) atoms. The predicted octanol–water partition coefficient (Wildman–Crippen LogP) is 4.72. The van der Waals surface area contributed by atoms with Crippen molar-refractivity contribution in [2.45, 2.75) is 6.92 Å². The molecule has 4 heteroatoms. The fourth-order valence-corrected chi connectivity index (χ4v) is 6.46. The van der Waals surface area contributed by atoms with Crippen LogP contribution in [0.5, 0.6) is 5.75 Å². The molecule has 1 heterocycles. The fourth-order valence-electron chi connectivity index (χ4n) is 3.04. The molecule has 116 valence electrons. The number of hydrogen-bond acceptors (Lipinski definition) is 2. The van der Waals surface area contributed by atoms with Gasteiger partial charge in [-0.15, -0.1) is 0 Å². The summed E-state index contributed by atoms with van der Waals surface area (Å²) < 4.78 is 23.1. The molecular formula is C19H17FNOP.